The number of aromatic nitrogens is 2. The van der Waals surface area contributed by atoms with E-state index in [0.717, 1.165) is 12.8 Å². The third-order valence-corrected chi connectivity index (χ3v) is 3.48. The Morgan fingerprint density at radius 1 is 1.50 bits per heavy atom. The second-order valence-electron chi connectivity index (χ2n) is 4.37. The second kappa shape index (κ2) is 5.14. The van der Waals surface area contributed by atoms with Crippen molar-refractivity contribution in [3.8, 4) is 0 Å². The van der Waals surface area contributed by atoms with Crippen LogP contribution in [0.4, 0.5) is 0 Å². The molecule has 0 aliphatic heterocycles. The maximum atomic E-state index is 11.2. The van der Waals surface area contributed by atoms with Gasteiger partial charge in [0.25, 0.3) is 0 Å². The summed E-state index contributed by atoms with van der Waals surface area (Å²) in [4.78, 5) is 11.2. The maximum absolute atomic E-state index is 11.2. The summed E-state index contributed by atoms with van der Waals surface area (Å²) in [5.41, 5.74) is 1.38. The SMILES string of the molecule is CCC(C)(CC)c1cnn(CC(=O)NC)c1. The molecule has 0 radical (unpaired) electrons. The van der Waals surface area contributed by atoms with Crippen molar-refractivity contribution in [3.05, 3.63) is 18.0 Å². The van der Waals surface area contributed by atoms with Gasteiger partial charge in [0.2, 0.25) is 5.91 Å². The fourth-order valence-corrected chi connectivity index (χ4v) is 1.65. The molecule has 4 heteroatoms. The average molecular weight is 223 g/mol. The lowest BCUT2D eigenvalue weighted by Gasteiger charge is -2.24. The number of likely N-dealkylation sites (N-methyl/N-ethyl adjacent to an activating group) is 1. The van der Waals surface area contributed by atoms with Crippen LogP contribution in [-0.4, -0.2) is 22.7 Å². The smallest absolute Gasteiger partial charge is 0.241 e. The molecule has 0 fully saturated rings. The van der Waals surface area contributed by atoms with E-state index in [1.165, 1.54) is 5.56 Å². The van der Waals surface area contributed by atoms with E-state index in [0.29, 0.717) is 6.54 Å². The van der Waals surface area contributed by atoms with Crippen molar-refractivity contribution in [1.29, 1.82) is 0 Å². The van der Waals surface area contributed by atoms with Gasteiger partial charge in [-0.05, 0) is 23.8 Å². The van der Waals surface area contributed by atoms with Crippen LogP contribution in [-0.2, 0) is 16.8 Å². The molecule has 0 spiro atoms. The van der Waals surface area contributed by atoms with Crippen LogP contribution in [0.2, 0.25) is 0 Å². The van der Waals surface area contributed by atoms with Gasteiger partial charge in [-0.15, -0.1) is 0 Å². The van der Waals surface area contributed by atoms with E-state index >= 15 is 0 Å². The molecule has 1 rings (SSSR count). The highest BCUT2D eigenvalue weighted by molar-refractivity contribution is 5.75. The average Bonchev–Trinajstić information content (AvgIpc) is 2.76. The Kier molecular flexibility index (Phi) is 4.10. The quantitative estimate of drug-likeness (QED) is 0.826. The molecule has 1 amide bonds. The molecule has 0 atom stereocenters. The highest BCUT2D eigenvalue weighted by Gasteiger charge is 2.23. The predicted molar refractivity (Wildman–Crippen MR) is 64.2 cm³/mol. The first-order valence-electron chi connectivity index (χ1n) is 5.79. The van der Waals surface area contributed by atoms with E-state index in [4.69, 9.17) is 0 Å². The lowest BCUT2D eigenvalue weighted by atomic mass is 9.79. The van der Waals surface area contributed by atoms with Crippen LogP contribution < -0.4 is 5.32 Å². The van der Waals surface area contributed by atoms with Gasteiger partial charge in [0.15, 0.2) is 0 Å². The Hall–Kier alpha value is -1.32. The molecule has 0 unspecified atom stereocenters. The number of hydrogen-bond donors (Lipinski definition) is 1. The van der Waals surface area contributed by atoms with Crippen molar-refractivity contribution in [3.63, 3.8) is 0 Å². The monoisotopic (exact) mass is 223 g/mol. The molecule has 0 saturated carbocycles. The molecule has 0 bridgehead atoms. The minimum absolute atomic E-state index is 0.0237. The summed E-state index contributed by atoms with van der Waals surface area (Å²) in [6.45, 7) is 6.88. The predicted octanol–water partition coefficient (Wildman–Crippen LogP) is 1.71. The highest BCUT2D eigenvalue weighted by atomic mass is 16.1. The van der Waals surface area contributed by atoms with Crippen molar-refractivity contribution in [2.24, 2.45) is 0 Å². The fraction of sp³-hybridized carbons (Fsp3) is 0.667. The molecule has 4 nitrogen and oxygen atoms in total. The minimum atomic E-state index is -0.0237. The Balaban J connectivity index is 2.82. The Bertz CT molecular complexity index is 353. The largest absolute Gasteiger partial charge is 0.358 e. The van der Waals surface area contributed by atoms with Gasteiger partial charge in [-0.25, -0.2) is 0 Å². The number of amides is 1. The number of nitrogens with one attached hydrogen (secondary N) is 1. The summed E-state index contributed by atoms with van der Waals surface area (Å²) in [7, 11) is 1.63. The first-order valence-corrected chi connectivity index (χ1v) is 5.79. The van der Waals surface area contributed by atoms with E-state index in [1.807, 2.05) is 12.4 Å². The maximum Gasteiger partial charge on any atom is 0.241 e. The zero-order valence-corrected chi connectivity index (χ0v) is 10.6. The summed E-state index contributed by atoms with van der Waals surface area (Å²) >= 11 is 0. The van der Waals surface area contributed by atoms with E-state index in [1.54, 1.807) is 11.7 Å². The molecule has 1 heterocycles. The highest BCUT2D eigenvalue weighted by Crippen LogP contribution is 2.30. The van der Waals surface area contributed by atoms with Crippen LogP contribution in [0.15, 0.2) is 12.4 Å². The molecule has 0 aromatic carbocycles. The van der Waals surface area contributed by atoms with Crippen molar-refractivity contribution < 1.29 is 4.79 Å². The normalized spacial score (nSPS) is 11.5. The van der Waals surface area contributed by atoms with Gasteiger partial charge in [-0.2, -0.15) is 5.10 Å². The Labute approximate surface area is 97.0 Å². The first-order chi connectivity index (χ1) is 7.55. The molecule has 16 heavy (non-hydrogen) atoms. The lowest BCUT2D eigenvalue weighted by Crippen LogP contribution is -2.24. The van der Waals surface area contributed by atoms with Crippen LogP contribution in [0.3, 0.4) is 0 Å². The van der Waals surface area contributed by atoms with Gasteiger partial charge < -0.3 is 5.32 Å². The molecule has 0 aliphatic rings. The van der Waals surface area contributed by atoms with Crippen molar-refractivity contribution in [2.45, 2.75) is 45.6 Å². The van der Waals surface area contributed by atoms with Crippen LogP contribution in [0.5, 0.6) is 0 Å². The Morgan fingerprint density at radius 2 is 2.12 bits per heavy atom. The number of carbonyl (C=O) groups excluding carboxylic acids is 1. The molecule has 1 aromatic heterocycles. The van der Waals surface area contributed by atoms with Gasteiger partial charge in [-0.3, -0.25) is 9.48 Å². The summed E-state index contributed by atoms with van der Waals surface area (Å²) in [5, 5.41) is 6.81. The van der Waals surface area contributed by atoms with Gasteiger partial charge in [0, 0.05) is 13.2 Å². The fourth-order valence-electron chi connectivity index (χ4n) is 1.65. The standard InChI is InChI=1S/C12H21N3O/c1-5-12(3,6-2)10-7-14-15(8-10)9-11(16)13-4/h7-8H,5-6,9H2,1-4H3,(H,13,16). The molecule has 1 N–H and O–H groups in total. The second-order valence-corrected chi connectivity index (χ2v) is 4.37. The van der Waals surface area contributed by atoms with Gasteiger partial charge in [-0.1, -0.05) is 20.8 Å². The third-order valence-electron chi connectivity index (χ3n) is 3.48. The number of nitrogens with zero attached hydrogens (tertiary/aromatic N) is 2. The summed E-state index contributed by atoms with van der Waals surface area (Å²) in [6, 6.07) is 0. The van der Waals surface area contributed by atoms with Crippen LogP contribution in [0.1, 0.15) is 39.2 Å². The zero-order chi connectivity index (χ0) is 12.2. The van der Waals surface area contributed by atoms with E-state index in [-0.39, 0.29) is 11.3 Å². The minimum Gasteiger partial charge on any atom is -0.358 e. The number of hydrogen-bond acceptors (Lipinski definition) is 2. The summed E-state index contributed by atoms with van der Waals surface area (Å²) in [6.07, 6.45) is 6.00. The molecule has 0 saturated heterocycles. The van der Waals surface area contributed by atoms with E-state index in [9.17, 15) is 4.79 Å². The Morgan fingerprint density at radius 3 is 2.62 bits per heavy atom. The van der Waals surface area contributed by atoms with E-state index < -0.39 is 0 Å². The summed E-state index contributed by atoms with van der Waals surface area (Å²) in [5.74, 6) is -0.0237. The molecular weight excluding hydrogens is 202 g/mol. The third kappa shape index (κ3) is 2.62. The lowest BCUT2D eigenvalue weighted by molar-refractivity contribution is -0.121. The molecule has 0 aliphatic carbocycles. The van der Waals surface area contributed by atoms with Crippen LogP contribution >= 0.6 is 0 Å². The van der Waals surface area contributed by atoms with Crippen molar-refractivity contribution >= 4 is 5.91 Å². The first kappa shape index (κ1) is 12.7. The molecular formula is C12H21N3O. The number of rotatable bonds is 5. The van der Waals surface area contributed by atoms with Gasteiger partial charge >= 0.3 is 0 Å². The van der Waals surface area contributed by atoms with Crippen molar-refractivity contribution in [1.82, 2.24) is 15.1 Å². The van der Waals surface area contributed by atoms with E-state index in [2.05, 4.69) is 31.2 Å². The number of carbonyl (C=O) groups is 1. The van der Waals surface area contributed by atoms with Gasteiger partial charge in [0.05, 0.1) is 6.20 Å². The van der Waals surface area contributed by atoms with Crippen LogP contribution in [0, 0.1) is 0 Å². The molecule has 1 aromatic rings. The van der Waals surface area contributed by atoms with Crippen LogP contribution in [0.25, 0.3) is 0 Å². The topological polar surface area (TPSA) is 46.9 Å². The van der Waals surface area contributed by atoms with Gasteiger partial charge in [0.1, 0.15) is 6.54 Å². The zero-order valence-electron chi connectivity index (χ0n) is 10.6. The van der Waals surface area contributed by atoms with Crippen molar-refractivity contribution in [2.75, 3.05) is 7.05 Å². The molecule has 90 valence electrons. The summed E-state index contributed by atoms with van der Waals surface area (Å²) < 4.78 is 1.69.